The van der Waals surface area contributed by atoms with E-state index in [1.165, 1.54) is 25.3 Å². The Kier molecular flexibility index (Phi) is 4.71. The van der Waals surface area contributed by atoms with Gasteiger partial charge in [0.05, 0.1) is 5.52 Å². The summed E-state index contributed by atoms with van der Waals surface area (Å²) in [6.45, 7) is 2.04. The maximum atomic E-state index is 13.3. The summed E-state index contributed by atoms with van der Waals surface area (Å²) in [5.74, 6) is -1.38. The van der Waals surface area contributed by atoms with Crippen molar-refractivity contribution in [2.45, 2.75) is 19.3 Å². The number of anilines is 2. The van der Waals surface area contributed by atoms with Gasteiger partial charge in [-0.25, -0.2) is 13.8 Å². The first-order valence-corrected chi connectivity index (χ1v) is 9.02. The molecule has 2 aromatic carbocycles. The fourth-order valence-electron chi connectivity index (χ4n) is 3.33. The zero-order chi connectivity index (χ0) is 18.8. The molecule has 1 amide bonds. The minimum atomic E-state index is -0.999. The number of halogens is 2. The number of carbonyl (C=O) groups is 1. The van der Waals surface area contributed by atoms with Crippen molar-refractivity contribution in [2.75, 3.05) is 23.3 Å². The SMILES string of the molecule is O=C(Nc1ccc(F)c(F)c1)c1ccc2nc(N3CCCCC3)ccc2c1. The van der Waals surface area contributed by atoms with Crippen LogP contribution in [0, 0.1) is 11.6 Å². The Hall–Kier alpha value is -3.02. The van der Waals surface area contributed by atoms with Crippen molar-refractivity contribution in [3.05, 3.63) is 65.7 Å². The number of fused-ring (bicyclic) bond motifs is 1. The van der Waals surface area contributed by atoms with Crippen molar-refractivity contribution in [1.29, 1.82) is 0 Å². The van der Waals surface area contributed by atoms with Gasteiger partial charge in [0.15, 0.2) is 11.6 Å². The molecule has 4 rings (SSSR count). The number of benzene rings is 2. The molecule has 0 bridgehead atoms. The lowest BCUT2D eigenvalue weighted by Gasteiger charge is -2.27. The van der Waals surface area contributed by atoms with Gasteiger partial charge < -0.3 is 10.2 Å². The number of carbonyl (C=O) groups excluding carboxylic acids is 1. The summed E-state index contributed by atoms with van der Waals surface area (Å²) in [6.07, 6.45) is 3.63. The molecule has 1 saturated heterocycles. The van der Waals surface area contributed by atoms with Gasteiger partial charge in [0.1, 0.15) is 5.82 Å². The molecule has 1 fully saturated rings. The molecular weight excluding hydrogens is 348 g/mol. The molecule has 0 unspecified atom stereocenters. The Morgan fingerprint density at radius 1 is 0.926 bits per heavy atom. The lowest BCUT2D eigenvalue weighted by molar-refractivity contribution is 0.102. The normalized spacial score (nSPS) is 14.4. The third-order valence-electron chi connectivity index (χ3n) is 4.79. The second-order valence-corrected chi connectivity index (χ2v) is 6.71. The molecule has 4 nitrogen and oxygen atoms in total. The van der Waals surface area contributed by atoms with Crippen molar-refractivity contribution in [1.82, 2.24) is 4.98 Å². The van der Waals surface area contributed by atoms with Crippen molar-refractivity contribution >= 4 is 28.3 Å². The van der Waals surface area contributed by atoms with Crippen LogP contribution >= 0.6 is 0 Å². The summed E-state index contributed by atoms with van der Waals surface area (Å²) in [5.41, 5.74) is 1.46. The number of pyridine rings is 1. The third-order valence-corrected chi connectivity index (χ3v) is 4.79. The van der Waals surface area contributed by atoms with Crippen LogP contribution in [-0.2, 0) is 0 Å². The number of hydrogen-bond acceptors (Lipinski definition) is 3. The number of nitrogens with zero attached hydrogens (tertiary/aromatic N) is 2. The summed E-state index contributed by atoms with van der Waals surface area (Å²) in [7, 11) is 0. The van der Waals surface area contributed by atoms with Crippen molar-refractivity contribution in [3.63, 3.8) is 0 Å². The van der Waals surface area contributed by atoms with Crippen LogP contribution < -0.4 is 10.2 Å². The Morgan fingerprint density at radius 3 is 2.52 bits per heavy atom. The average molecular weight is 367 g/mol. The minimum absolute atomic E-state index is 0.206. The Bertz CT molecular complexity index is 1000. The van der Waals surface area contributed by atoms with Crippen LogP contribution in [-0.4, -0.2) is 24.0 Å². The monoisotopic (exact) mass is 367 g/mol. The van der Waals surface area contributed by atoms with E-state index in [0.29, 0.717) is 5.56 Å². The van der Waals surface area contributed by atoms with Gasteiger partial charge in [0.2, 0.25) is 0 Å². The Balaban J connectivity index is 1.55. The first-order chi connectivity index (χ1) is 13.1. The van der Waals surface area contributed by atoms with Gasteiger partial charge in [-0.3, -0.25) is 4.79 Å². The summed E-state index contributed by atoms with van der Waals surface area (Å²) in [4.78, 5) is 19.4. The molecule has 2 heterocycles. The van der Waals surface area contributed by atoms with Gasteiger partial charge in [-0.2, -0.15) is 0 Å². The van der Waals surface area contributed by atoms with E-state index in [9.17, 15) is 13.6 Å². The van der Waals surface area contributed by atoms with Crippen molar-refractivity contribution < 1.29 is 13.6 Å². The molecule has 3 aromatic rings. The molecule has 6 heteroatoms. The molecule has 138 valence electrons. The first kappa shape index (κ1) is 17.4. The highest BCUT2D eigenvalue weighted by Crippen LogP contribution is 2.23. The van der Waals surface area contributed by atoms with Gasteiger partial charge >= 0.3 is 0 Å². The molecule has 0 aliphatic carbocycles. The highest BCUT2D eigenvalue weighted by Gasteiger charge is 2.13. The van der Waals surface area contributed by atoms with E-state index in [4.69, 9.17) is 4.98 Å². The summed E-state index contributed by atoms with van der Waals surface area (Å²) < 4.78 is 26.3. The van der Waals surface area contributed by atoms with Gasteiger partial charge in [-0.15, -0.1) is 0 Å². The lowest BCUT2D eigenvalue weighted by atomic mass is 10.1. The molecule has 1 aliphatic rings. The van der Waals surface area contributed by atoms with E-state index in [-0.39, 0.29) is 11.6 Å². The second-order valence-electron chi connectivity index (χ2n) is 6.71. The molecule has 27 heavy (non-hydrogen) atoms. The summed E-state index contributed by atoms with van der Waals surface area (Å²) in [5, 5.41) is 3.44. The van der Waals surface area contributed by atoms with Crippen LogP contribution in [0.3, 0.4) is 0 Å². The van der Waals surface area contributed by atoms with Crippen LogP contribution in [0.2, 0.25) is 0 Å². The number of nitrogens with one attached hydrogen (secondary N) is 1. The smallest absolute Gasteiger partial charge is 0.255 e. The Morgan fingerprint density at radius 2 is 1.74 bits per heavy atom. The fourth-order valence-corrected chi connectivity index (χ4v) is 3.33. The first-order valence-electron chi connectivity index (χ1n) is 9.02. The van der Waals surface area contributed by atoms with E-state index in [2.05, 4.69) is 10.2 Å². The van der Waals surface area contributed by atoms with Crippen molar-refractivity contribution in [3.8, 4) is 0 Å². The van der Waals surface area contributed by atoms with Crippen LogP contribution in [0.1, 0.15) is 29.6 Å². The van der Waals surface area contributed by atoms with Crippen LogP contribution in [0.5, 0.6) is 0 Å². The number of aromatic nitrogens is 1. The highest BCUT2D eigenvalue weighted by molar-refractivity contribution is 6.06. The van der Waals surface area contributed by atoms with Gasteiger partial charge in [0.25, 0.3) is 5.91 Å². The number of piperidine rings is 1. The summed E-state index contributed by atoms with van der Waals surface area (Å²) >= 11 is 0. The van der Waals surface area contributed by atoms with Gasteiger partial charge in [0, 0.05) is 35.8 Å². The molecule has 0 saturated carbocycles. The van der Waals surface area contributed by atoms with E-state index in [1.54, 1.807) is 12.1 Å². The van der Waals surface area contributed by atoms with E-state index >= 15 is 0 Å². The molecular formula is C21H19F2N3O. The lowest BCUT2D eigenvalue weighted by Crippen LogP contribution is -2.30. The molecule has 1 aliphatic heterocycles. The Labute approximate surface area is 155 Å². The van der Waals surface area contributed by atoms with E-state index < -0.39 is 11.6 Å². The number of hydrogen-bond donors (Lipinski definition) is 1. The quantitative estimate of drug-likeness (QED) is 0.726. The molecule has 0 radical (unpaired) electrons. The van der Waals surface area contributed by atoms with Gasteiger partial charge in [-0.1, -0.05) is 0 Å². The van der Waals surface area contributed by atoms with Crippen molar-refractivity contribution in [2.24, 2.45) is 0 Å². The summed E-state index contributed by atoms with van der Waals surface area (Å²) in [6, 6.07) is 12.4. The zero-order valence-corrected chi connectivity index (χ0v) is 14.7. The standard InChI is InChI=1S/C21H19F2N3O/c22-17-7-6-16(13-18(17)23)24-21(27)15-4-8-19-14(12-15)5-9-20(25-19)26-10-2-1-3-11-26/h4-9,12-13H,1-3,10-11H2,(H,24,27). The molecule has 0 spiro atoms. The maximum Gasteiger partial charge on any atom is 0.255 e. The number of amides is 1. The van der Waals surface area contributed by atoms with Crippen LogP contribution in [0.4, 0.5) is 20.3 Å². The largest absolute Gasteiger partial charge is 0.357 e. The predicted octanol–water partition coefficient (Wildman–Crippen LogP) is 4.76. The molecule has 0 atom stereocenters. The molecule has 1 N–H and O–H groups in total. The predicted molar refractivity (Wildman–Crippen MR) is 102 cm³/mol. The number of rotatable bonds is 3. The maximum absolute atomic E-state index is 13.3. The van der Waals surface area contributed by atoms with Gasteiger partial charge in [-0.05, 0) is 61.7 Å². The van der Waals surface area contributed by atoms with Crippen LogP contribution in [0.25, 0.3) is 10.9 Å². The zero-order valence-electron chi connectivity index (χ0n) is 14.7. The minimum Gasteiger partial charge on any atom is -0.357 e. The highest BCUT2D eigenvalue weighted by atomic mass is 19.2. The second kappa shape index (κ2) is 7.31. The van der Waals surface area contributed by atoms with Crippen LogP contribution in [0.15, 0.2) is 48.5 Å². The van der Waals surface area contributed by atoms with E-state index in [0.717, 1.165) is 41.9 Å². The third kappa shape index (κ3) is 3.74. The average Bonchev–Trinajstić information content (AvgIpc) is 2.70. The molecule has 1 aromatic heterocycles. The fraction of sp³-hybridized carbons (Fsp3) is 0.238. The topological polar surface area (TPSA) is 45.2 Å². The van der Waals surface area contributed by atoms with E-state index in [1.807, 2.05) is 18.2 Å².